The third kappa shape index (κ3) is 4.58. The van der Waals surface area contributed by atoms with Crippen LogP contribution >= 0.6 is 0 Å². The summed E-state index contributed by atoms with van der Waals surface area (Å²) in [4.78, 5) is 16.3. The molecule has 0 spiro atoms. The van der Waals surface area contributed by atoms with Crippen molar-refractivity contribution in [3.63, 3.8) is 0 Å². The minimum Gasteiger partial charge on any atom is -0.386 e. The first-order chi connectivity index (χ1) is 14.7. The topological polar surface area (TPSA) is 100 Å². The molecule has 0 radical (unpaired) electrons. The molecule has 2 atom stereocenters. The van der Waals surface area contributed by atoms with E-state index >= 15 is 0 Å². The van der Waals surface area contributed by atoms with Crippen LogP contribution in [0.5, 0.6) is 0 Å². The van der Waals surface area contributed by atoms with E-state index in [2.05, 4.69) is 30.6 Å². The second-order valence-corrected chi connectivity index (χ2v) is 7.18. The maximum Gasteiger partial charge on any atom is 0.408 e. The maximum absolute atomic E-state index is 14.5. The maximum atomic E-state index is 14.5. The van der Waals surface area contributed by atoms with Gasteiger partial charge in [0.2, 0.25) is 11.9 Å². The SMILES string of the molecule is C[C@@H](Nc1nc(Nc2ccn3ccnc3c2)nc(C2=C(F)C(O)CCC2)n1)C(F)(F)F. The van der Waals surface area contributed by atoms with Crippen LogP contribution in [-0.2, 0) is 0 Å². The second kappa shape index (κ2) is 8.10. The number of aliphatic hydroxyl groups is 1. The molecule has 1 aliphatic rings. The van der Waals surface area contributed by atoms with Gasteiger partial charge >= 0.3 is 6.18 Å². The van der Waals surface area contributed by atoms with Gasteiger partial charge in [-0.05, 0) is 32.3 Å². The van der Waals surface area contributed by atoms with Gasteiger partial charge in [-0.25, -0.2) is 9.37 Å². The number of rotatable bonds is 5. The van der Waals surface area contributed by atoms with Gasteiger partial charge in [-0.15, -0.1) is 0 Å². The number of pyridine rings is 1. The summed E-state index contributed by atoms with van der Waals surface area (Å²) in [6, 6.07) is 1.46. The first kappa shape index (κ1) is 21.0. The molecule has 0 aromatic carbocycles. The Labute approximate surface area is 174 Å². The average molecular weight is 437 g/mol. The van der Waals surface area contributed by atoms with Gasteiger partial charge in [0.15, 0.2) is 5.82 Å². The van der Waals surface area contributed by atoms with Gasteiger partial charge in [0, 0.05) is 35.9 Å². The molecular weight excluding hydrogens is 418 g/mol. The van der Waals surface area contributed by atoms with Gasteiger partial charge in [-0.3, -0.25) is 0 Å². The van der Waals surface area contributed by atoms with E-state index < -0.39 is 24.1 Å². The summed E-state index contributed by atoms with van der Waals surface area (Å²) >= 11 is 0. The van der Waals surface area contributed by atoms with Crippen LogP contribution in [0.1, 0.15) is 32.0 Å². The number of hydrogen-bond acceptors (Lipinski definition) is 7. The molecule has 0 saturated heterocycles. The van der Waals surface area contributed by atoms with Crippen LogP contribution in [-0.4, -0.2) is 47.8 Å². The molecule has 31 heavy (non-hydrogen) atoms. The summed E-state index contributed by atoms with van der Waals surface area (Å²) < 4.78 is 55.3. The number of halogens is 4. The standard InChI is InChI=1S/C19H19F4N7O/c1-10(19(21,22)23)25-17-27-16(12-3-2-4-13(31)15(12)20)28-18(29-17)26-11-5-7-30-8-6-24-14(30)9-11/h5-10,13,31H,2-4H2,1H3,(H2,25,26,27,28,29)/t10-,13?/m1/s1. The largest absolute Gasteiger partial charge is 0.408 e. The number of hydrogen-bond donors (Lipinski definition) is 3. The lowest BCUT2D eigenvalue weighted by Gasteiger charge is -2.21. The van der Waals surface area contributed by atoms with Crippen LogP contribution < -0.4 is 10.6 Å². The van der Waals surface area contributed by atoms with Crippen molar-refractivity contribution in [1.29, 1.82) is 0 Å². The molecule has 12 heteroatoms. The van der Waals surface area contributed by atoms with Crippen molar-refractivity contribution >= 4 is 28.8 Å². The fourth-order valence-corrected chi connectivity index (χ4v) is 3.16. The van der Waals surface area contributed by atoms with Crippen molar-refractivity contribution in [3.05, 3.63) is 42.4 Å². The Kier molecular flexibility index (Phi) is 5.48. The predicted molar refractivity (Wildman–Crippen MR) is 105 cm³/mol. The number of anilines is 3. The number of nitrogens with zero attached hydrogens (tertiary/aromatic N) is 5. The second-order valence-electron chi connectivity index (χ2n) is 7.18. The summed E-state index contributed by atoms with van der Waals surface area (Å²) in [7, 11) is 0. The molecule has 1 unspecified atom stereocenters. The highest BCUT2D eigenvalue weighted by molar-refractivity contribution is 5.67. The zero-order valence-electron chi connectivity index (χ0n) is 16.4. The van der Waals surface area contributed by atoms with Crippen LogP contribution in [0.15, 0.2) is 36.6 Å². The van der Waals surface area contributed by atoms with E-state index in [9.17, 15) is 22.7 Å². The molecule has 3 aromatic rings. The molecule has 4 rings (SSSR count). The Hall–Kier alpha value is -3.28. The number of aliphatic hydroxyl groups excluding tert-OH is 1. The molecule has 1 aliphatic carbocycles. The highest BCUT2D eigenvalue weighted by atomic mass is 19.4. The van der Waals surface area contributed by atoms with E-state index in [4.69, 9.17) is 0 Å². The van der Waals surface area contributed by atoms with Crippen molar-refractivity contribution in [2.75, 3.05) is 10.6 Å². The first-order valence-electron chi connectivity index (χ1n) is 9.57. The van der Waals surface area contributed by atoms with E-state index in [0.717, 1.165) is 6.92 Å². The number of fused-ring (bicyclic) bond motifs is 1. The van der Waals surface area contributed by atoms with Gasteiger partial charge in [0.1, 0.15) is 23.6 Å². The monoisotopic (exact) mass is 437 g/mol. The van der Waals surface area contributed by atoms with E-state index in [1.165, 1.54) is 0 Å². The fraction of sp³-hybridized carbons (Fsp3) is 0.368. The van der Waals surface area contributed by atoms with Gasteiger partial charge in [-0.2, -0.15) is 28.1 Å². The predicted octanol–water partition coefficient (Wildman–Crippen LogP) is 3.85. The van der Waals surface area contributed by atoms with Gasteiger partial charge < -0.3 is 20.1 Å². The van der Waals surface area contributed by atoms with Crippen LogP contribution in [0.2, 0.25) is 0 Å². The van der Waals surface area contributed by atoms with E-state index in [1.807, 2.05) is 0 Å². The Morgan fingerprint density at radius 1 is 1.19 bits per heavy atom. The summed E-state index contributed by atoms with van der Waals surface area (Å²) in [6.45, 7) is 0.924. The van der Waals surface area contributed by atoms with Crippen LogP contribution in [0, 0.1) is 0 Å². The highest BCUT2D eigenvalue weighted by Crippen LogP contribution is 2.33. The quantitative estimate of drug-likeness (QED) is 0.522. The number of allylic oxidation sites excluding steroid dienone is 1. The number of nitrogens with one attached hydrogen (secondary N) is 2. The minimum absolute atomic E-state index is 0.0515. The summed E-state index contributed by atoms with van der Waals surface area (Å²) in [5, 5.41) is 14.9. The molecular formula is C19H19F4N7O. The summed E-state index contributed by atoms with van der Waals surface area (Å²) in [5.74, 6) is -1.35. The molecule has 0 aliphatic heterocycles. The molecule has 3 aromatic heterocycles. The first-order valence-corrected chi connectivity index (χ1v) is 9.57. The number of imidazole rings is 1. The van der Waals surface area contributed by atoms with Crippen molar-refractivity contribution in [2.24, 2.45) is 0 Å². The normalized spacial score (nSPS) is 18.3. The Bertz CT molecular complexity index is 1130. The molecule has 164 valence electrons. The van der Waals surface area contributed by atoms with Crippen LogP contribution in [0.3, 0.4) is 0 Å². The summed E-state index contributed by atoms with van der Waals surface area (Å²) in [5.41, 5.74) is 1.21. The molecule has 8 nitrogen and oxygen atoms in total. The summed E-state index contributed by atoms with van der Waals surface area (Å²) in [6.07, 6.45) is 0.290. The molecule has 3 heterocycles. The van der Waals surface area contributed by atoms with Crippen molar-refractivity contribution in [3.8, 4) is 0 Å². The average Bonchev–Trinajstić information content (AvgIpc) is 3.17. The number of aromatic nitrogens is 5. The zero-order valence-corrected chi connectivity index (χ0v) is 16.4. The van der Waals surface area contributed by atoms with E-state index in [1.54, 1.807) is 35.1 Å². The van der Waals surface area contributed by atoms with Crippen molar-refractivity contribution in [2.45, 2.75) is 44.5 Å². The Morgan fingerprint density at radius 3 is 2.74 bits per heavy atom. The van der Waals surface area contributed by atoms with Gasteiger partial charge in [0.25, 0.3) is 0 Å². The zero-order chi connectivity index (χ0) is 22.2. The third-order valence-electron chi connectivity index (χ3n) is 4.88. The van der Waals surface area contributed by atoms with Crippen molar-refractivity contribution in [1.82, 2.24) is 24.3 Å². The third-order valence-corrected chi connectivity index (χ3v) is 4.88. The molecule has 0 fully saturated rings. The molecule has 0 saturated carbocycles. The lowest BCUT2D eigenvalue weighted by Crippen LogP contribution is -2.34. The van der Waals surface area contributed by atoms with E-state index in [-0.39, 0.29) is 36.1 Å². The van der Waals surface area contributed by atoms with Crippen LogP contribution in [0.25, 0.3) is 11.2 Å². The fourth-order valence-electron chi connectivity index (χ4n) is 3.16. The minimum atomic E-state index is -4.53. The van der Waals surface area contributed by atoms with Gasteiger partial charge in [0.05, 0.1) is 0 Å². The highest BCUT2D eigenvalue weighted by Gasteiger charge is 2.36. The van der Waals surface area contributed by atoms with Crippen molar-refractivity contribution < 1.29 is 22.7 Å². The lowest BCUT2D eigenvalue weighted by atomic mass is 9.96. The smallest absolute Gasteiger partial charge is 0.386 e. The van der Waals surface area contributed by atoms with Crippen LogP contribution in [0.4, 0.5) is 35.1 Å². The molecule has 0 bridgehead atoms. The van der Waals surface area contributed by atoms with Gasteiger partial charge in [-0.1, -0.05) is 0 Å². The Morgan fingerprint density at radius 2 is 1.97 bits per heavy atom. The van der Waals surface area contributed by atoms with E-state index in [0.29, 0.717) is 17.8 Å². The Balaban J connectivity index is 1.72. The molecule has 3 N–H and O–H groups in total. The number of alkyl halides is 3. The lowest BCUT2D eigenvalue weighted by molar-refractivity contribution is -0.138. The molecule has 0 amide bonds.